The van der Waals surface area contributed by atoms with Crippen molar-refractivity contribution in [3.8, 4) is 11.5 Å². The predicted octanol–water partition coefficient (Wildman–Crippen LogP) is 8.54. The van der Waals surface area contributed by atoms with Crippen molar-refractivity contribution < 1.29 is 19.0 Å². The van der Waals surface area contributed by atoms with Gasteiger partial charge in [-0.1, -0.05) is 102 Å². The monoisotopic (exact) mass is 666 g/mol. The standard InChI is InChI=1S/C37H35ClN4O4S/c1-4-44-32-20-27(18-19-31(32)45-22-28-15-9-8-12-24(28)2)34-33(35(43)46-21-26-13-6-5-7-14-26)25(3)39-36-40-37(41-42(34)36)47-23-29-16-10-11-17-30(29)38/h5-20,34H,4,21-23H2,1-3H3,(H,39,40,41). The highest BCUT2D eigenvalue weighted by molar-refractivity contribution is 7.98. The van der Waals surface area contributed by atoms with E-state index in [0.29, 0.717) is 57.9 Å². The number of anilines is 1. The fraction of sp³-hybridized carbons (Fsp3) is 0.216. The molecule has 0 saturated heterocycles. The summed E-state index contributed by atoms with van der Waals surface area (Å²) >= 11 is 7.88. The molecule has 0 amide bonds. The lowest BCUT2D eigenvalue weighted by atomic mass is 9.95. The van der Waals surface area contributed by atoms with E-state index in [9.17, 15) is 4.79 Å². The van der Waals surface area contributed by atoms with Crippen LogP contribution in [0.25, 0.3) is 0 Å². The fourth-order valence-corrected chi connectivity index (χ4v) is 6.45. The molecule has 0 spiro atoms. The molecule has 0 saturated carbocycles. The Morgan fingerprint density at radius 2 is 1.64 bits per heavy atom. The molecule has 0 aliphatic carbocycles. The summed E-state index contributed by atoms with van der Waals surface area (Å²) in [5.41, 5.74) is 5.96. The Balaban J connectivity index is 1.34. The van der Waals surface area contributed by atoms with Gasteiger partial charge >= 0.3 is 5.97 Å². The third kappa shape index (κ3) is 7.48. The second kappa shape index (κ2) is 14.8. The van der Waals surface area contributed by atoms with Crippen molar-refractivity contribution in [2.75, 3.05) is 11.9 Å². The van der Waals surface area contributed by atoms with Crippen molar-refractivity contribution in [1.82, 2.24) is 14.8 Å². The number of ether oxygens (including phenoxy) is 3. The number of hydrogen-bond donors (Lipinski definition) is 1. The number of allylic oxidation sites excluding steroid dienone is 1. The number of hydrogen-bond acceptors (Lipinski definition) is 8. The SMILES string of the molecule is CCOc1cc(C2C(C(=O)OCc3ccccc3)=C(C)Nc3nc(SCc4ccccc4Cl)nn32)ccc1OCc1ccccc1C. The highest BCUT2D eigenvalue weighted by Gasteiger charge is 2.36. The van der Waals surface area contributed by atoms with E-state index in [1.807, 2.05) is 105 Å². The fourth-order valence-electron chi connectivity index (χ4n) is 5.33. The first-order chi connectivity index (χ1) is 22.9. The molecular weight excluding hydrogens is 632 g/mol. The molecule has 1 aliphatic heterocycles. The van der Waals surface area contributed by atoms with Crippen LogP contribution in [0.4, 0.5) is 5.95 Å². The summed E-state index contributed by atoms with van der Waals surface area (Å²) in [5.74, 6) is 1.84. The maximum atomic E-state index is 13.8. The number of nitrogens with zero attached hydrogens (tertiary/aromatic N) is 3. The molecule has 8 nitrogen and oxygen atoms in total. The number of carbonyl (C=O) groups excluding carboxylic acids is 1. The molecule has 10 heteroatoms. The van der Waals surface area contributed by atoms with Crippen molar-refractivity contribution >= 4 is 35.3 Å². The summed E-state index contributed by atoms with van der Waals surface area (Å²) in [5, 5.41) is 9.40. The van der Waals surface area contributed by atoms with E-state index in [1.54, 1.807) is 4.68 Å². The Morgan fingerprint density at radius 3 is 2.40 bits per heavy atom. The van der Waals surface area contributed by atoms with Crippen molar-refractivity contribution in [2.45, 2.75) is 50.9 Å². The summed E-state index contributed by atoms with van der Waals surface area (Å²) in [6, 6.07) is 30.5. The van der Waals surface area contributed by atoms with Crippen molar-refractivity contribution in [3.05, 3.63) is 141 Å². The first-order valence-electron chi connectivity index (χ1n) is 15.4. The van der Waals surface area contributed by atoms with E-state index >= 15 is 0 Å². The summed E-state index contributed by atoms with van der Waals surface area (Å²) in [7, 11) is 0. The van der Waals surface area contributed by atoms with Gasteiger partial charge in [-0.05, 0) is 66.8 Å². The van der Waals surface area contributed by atoms with Crippen LogP contribution in [0.2, 0.25) is 5.02 Å². The summed E-state index contributed by atoms with van der Waals surface area (Å²) < 4.78 is 19.9. The van der Waals surface area contributed by atoms with Gasteiger partial charge < -0.3 is 19.5 Å². The van der Waals surface area contributed by atoms with Gasteiger partial charge in [0.05, 0.1) is 12.2 Å². The number of fused-ring (bicyclic) bond motifs is 1. The Labute approximate surface area is 283 Å². The molecule has 1 atom stereocenters. The van der Waals surface area contributed by atoms with Gasteiger partial charge in [0.2, 0.25) is 11.1 Å². The zero-order valence-electron chi connectivity index (χ0n) is 26.4. The lowest BCUT2D eigenvalue weighted by Gasteiger charge is -2.28. The van der Waals surface area contributed by atoms with E-state index in [1.165, 1.54) is 11.8 Å². The largest absolute Gasteiger partial charge is 0.490 e. The second-order valence-electron chi connectivity index (χ2n) is 11.0. The molecule has 0 bridgehead atoms. The molecule has 2 heterocycles. The van der Waals surface area contributed by atoms with Crippen LogP contribution in [0.3, 0.4) is 0 Å². The number of rotatable bonds is 12. The van der Waals surface area contributed by atoms with E-state index in [4.69, 9.17) is 35.9 Å². The molecule has 5 aromatic rings. The third-order valence-corrected chi connectivity index (χ3v) is 9.06. The molecule has 240 valence electrons. The molecule has 1 aromatic heterocycles. The van der Waals surface area contributed by atoms with E-state index in [0.717, 1.165) is 27.8 Å². The van der Waals surface area contributed by atoms with Gasteiger partial charge in [-0.15, -0.1) is 5.10 Å². The molecule has 0 radical (unpaired) electrons. The van der Waals surface area contributed by atoms with Crippen molar-refractivity contribution in [2.24, 2.45) is 0 Å². The number of benzene rings is 4. The summed E-state index contributed by atoms with van der Waals surface area (Å²) in [6.07, 6.45) is 0. The lowest BCUT2D eigenvalue weighted by molar-refractivity contribution is -0.140. The molecule has 47 heavy (non-hydrogen) atoms. The number of esters is 1. The molecule has 4 aromatic carbocycles. The molecule has 1 unspecified atom stereocenters. The molecule has 1 N–H and O–H groups in total. The van der Waals surface area contributed by atoms with Crippen LogP contribution in [0, 0.1) is 6.92 Å². The second-order valence-corrected chi connectivity index (χ2v) is 12.4. The van der Waals surface area contributed by atoms with Crippen LogP contribution in [0.15, 0.2) is 113 Å². The lowest BCUT2D eigenvalue weighted by Crippen LogP contribution is -2.29. The summed E-state index contributed by atoms with van der Waals surface area (Å²) in [4.78, 5) is 18.6. The maximum absolute atomic E-state index is 13.8. The predicted molar refractivity (Wildman–Crippen MR) is 185 cm³/mol. The van der Waals surface area contributed by atoms with Gasteiger partial charge in [0.15, 0.2) is 11.5 Å². The average molecular weight is 667 g/mol. The van der Waals surface area contributed by atoms with Gasteiger partial charge in [0, 0.05) is 16.5 Å². The molecular formula is C37H35ClN4O4S. The molecule has 1 aliphatic rings. The number of aromatic nitrogens is 3. The minimum atomic E-state index is -0.638. The third-order valence-electron chi connectivity index (χ3n) is 7.81. The number of aryl methyl sites for hydroxylation is 1. The van der Waals surface area contributed by atoms with E-state index < -0.39 is 12.0 Å². The zero-order chi connectivity index (χ0) is 32.8. The van der Waals surface area contributed by atoms with Crippen LogP contribution in [-0.4, -0.2) is 27.3 Å². The Morgan fingerprint density at radius 1 is 0.894 bits per heavy atom. The van der Waals surface area contributed by atoms with Gasteiger partial charge in [0.1, 0.15) is 19.3 Å². The first kappa shape index (κ1) is 32.2. The van der Waals surface area contributed by atoms with Gasteiger partial charge in [-0.3, -0.25) is 0 Å². The minimum Gasteiger partial charge on any atom is -0.490 e. The maximum Gasteiger partial charge on any atom is 0.338 e. The number of halogens is 1. The van der Waals surface area contributed by atoms with Crippen LogP contribution in [0.5, 0.6) is 11.5 Å². The Hall–Kier alpha value is -4.73. The van der Waals surface area contributed by atoms with Crippen molar-refractivity contribution in [3.63, 3.8) is 0 Å². The first-order valence-corrected chi connectivity index (χ1v) is 16.7. The van der Waals surface area contributed by atoms with Gasteiger partial charge in [-0.25, -0.2) is 9.48 Å². The Kier molecular flexibility index (Phi) is 10.1. The number of carbonyl (C=O) groups is 1. The summed E-state index contributed by atoms with van der Waals surface area (Å²) in [6.45, 7) is 6.82. The number of nitrogens with one attached hydrogen (secondary N) is 1. The van der Waals surface area contributed by atoms with Crippen LogP contribution in [0.1, 0.15) is 47.7 Å². The smallest absolute Gasteiger partial charge is 0.338 e. The topological polar surface area (TPSA) is 87.5 Å². The Bertz CT molecular complexity index is 1910. The normalized spacial score (nSPS) is 13.9. The van der Waals surface area contributed by atoms with Crippen molar-refractivity contribution in [1.29, 1.82) is 0 Å². The average Bonchev–Trinajstić information content (AvgIpc) is 3.49. The highest BCUT2D eigenvalue weighted by atomic mass is 35.5. The van der Waals surface area contributed by atoms with Gasteiger partial charge in [0.25, 0.3) is 0 Å². The minimum absolute atomic E-state index is 0.141. The zero-order valence-corrected chi connectivity index (χ0v) is 28.0. The highest BCUT2D eigenvalue weighted by Crippen LogP contribution is 2.40. The quantitative estimate of drug-likeness (QED) is 0.105. The van der Waals surface area contributed by atoms with E-state index in [2.05, 4.69) is 18.3 Å². The van der Waals surface area contributed by atoms with Crippen LogP contribution in [-0.2, 0) is 28.5 Å². The molecule has 6 rings (SSSR count). The number of thioether (sulfide) groups is 1. The van der Waals surface area contributed by atoms with E-state index in [-0.39, 0.29) is 6.61 Å². The van der Waals surface area contributed by atoms with Crippen LogP contribution >= 0.6 is 23.4 Å². The van der Waals surface area contributed by atoms with Crippen LogP contribution < -0.4 is 14.8 Å². The van der Waals surface area contributed by atoms with Gasteiger partial charge in [-0.2, -0.15) is 4.98 Å². The molecule has 0 fully saturated rings.